The second-order valence-corrected chi connectivity index (χ2v) is 6.32. The van der Waals surface area contributed by atoms with Gasteiger partial charge in [0.1, 0.15) is 0 Å². The van der Waals surface area contributed by atoms with E-state index in [2.05, 4.69) is 15.7 Å². The summed E-state index contributed by atoms with van der Waals surface area (Å²) in [5.74, 6) is -0.392. The topological polar surface area (TPSA) is 76.0 Å². The summed E-state index contributed by atoms with van der Waals surface area (Å²) in [5, 5.41) is 9.99. The molecule has 0 bridgehead atoms. The van der Waals surface area contributed by atoms with Crippen LogP contribution in [0.5, 0.6) is 0 Å². The molecule has 2 amide bonds. The van der Waals surface area contributed by atoms with Gasteiger partial charge in [-0.3, -0.25) is 9.59 Å². The number of anilines is 2. The molecule has 138 valence electrons. The largest absolute Gasteiger partial charge is 0.326 e. The van der Waals surface area contributed by atoms with Crippen LogP contribution in [0.4, 0.5) is 11.4 Å². The fourth-order valence-electron chi connectivity index (χ4n) is 2.89. The van der Waals surface area contributed by atoms with Gasteiger partial charge in [0.05, 0.1) is 23.1 Å². The first kappa shape index (κ1) is 18.4. The molecule has 3 rings (SSSR count). The van der Waals surface area contributed by atoms with Crippen molar-refractivity contribution in [1.29, 1.82) is 0 Å². The van der Waals surface area contributed by atoms with Gasteiger partial charge in [-0.25, -0.2) is 4.68 Å². The summed E-state index contributed by atoms with van der Waals surface area (Å²) < 4.78 is 1.79. The van der Waals surface area contributed by atoms with Crippen LogP contribution in [0.15, 0.2) is 54.7 Å². The Labute approximate surface area is 158 Å². The fraction of sp³-hybridized carbons (Fsp3) is 0.190. The Hall–Kier alpha value is -3.41. The SMILES string of the molecule is CCc1c(C(=O)Nc2cccc(NC(C)=O)c2)cnn1-c1ccc(C)cc1. The Morgan fingerprint density at radius 1 is 1.04 bits per heavy atom. The minimum atomic E-state index is -0.231. The summed E-state index contributed by atoms with van der Waals surface area (Å²) in [6, 6.07) is 15.0. The quantitative estimate of drug-likeness (QED) is 0.721. The first-order valence-electron chi connectivity index (χ1n) is 8.81. The number of carbonyl (C=O) groups excluding carboxylic acids is 2. The lowest BCUT2D eigenvalue weighted by molar-refractivity contribution is -0.114. The summed E-state index contributed by atoms with van der Waals surface area (Å²) in [6.07, 6.45) is 2.26. The maximum Gasteiger partial charge on any atom is 0.259 e. The van der Waals surface area contributed by atoms with Crippen LogP contribution in [-0.2, 0) is 11.2 Å². The van der Waals surface area contributed by atoms with E-state index in [1.165, 1.54) is 12.5 Å². The summed E-state index contributed by atoms with van der Waals surface area (Å²) in [7, 11) is 0. The number of carbonyl (C=O) groups is 2. The highest BCUT2D eigenvalue weighted by Crippen LogP contribution is 2.20. The molecule has 0 saturated heterocycles. The number of benzene rings is 2. The predicted molar refractivity (Wildman–Crippen MR) is 106 cm³/mol. The van der Waals surface area contributed by atoms with E-state index in [1.54, 1.807) is 35.1 Å². The summed E-state index contributed by atoms with van der Waals surface area (Å²) in [5.41, 5.74) is 4.70. The molecule has 6 heteroatoms. The molecule has 1 heterocycles. The molecule has 2 aromatic carbocycles. The summed E-state index contributed by atoms with van der Waals surface area (Å²) >= 11 is 0. The zero-order valence-electron chi connectivity index (χ0n) is 15.6. The second-order valence-electron chi connectivity index (χ2n) is 6.32. The van der Waals surface area contributed by atoms with E-state index in [1.807, 2.05) is 38.1 Å². The zero-order chi connectivity index (χ0) is 19.4. The Kier molecular flexibility index (Phi) is 5.35. The Bertz CT molecular complexity index is 974. The van der Waals surface area contributed by atoms with Crippen molar-refractivity contribution < 1.29 is 9.59 Å². The molecule has 0 atom stereocenters. The number of nitrogens with zero attached hydrogens (tertiary/aromatic N) is 2. The third kappa shape index (κ3) is 4.23. The van der Waals surface area contributed by atoms with E-state index in [-0.39, 0.29) is 11.8 Å². The van der Waals surface area contributed by atoms with E-state index in [0.29, 0.717) is 23.4 Å². The monoisotopic (exact) mass is 362 g/mol. The normalized spacial score (nSPS) is 10.5. The summed E-state index contributed by atoms with van der Waals surface area (Å²) in [4.78, 5) is 24.0. The number of rotatable bonds is 5. The second kappa shape index (κ2) is 7.86. The van der Waals surface area contributed by atoms with Crippen molar-refractivity contribution in [2.75, 3.05) is 10.6 Å². The first-order chi connectivity index (χ1) is 13.0. The highest BCUT2D eigenvalue weighted by molar-refractivity contribution is 6.05. The van der Waals surface area contributed by atoms with Gasteiger partial charge in [-0.05, 0) is 43.7 Å². The molecular formula is C21H22N4O2. The van der Waals surface area contributed by atoms with Crippen molar-refractivity contribution in [3.63, 3.8) is 0 Å². The van der Waals surface area contributed by atoms with Crippen molar-refractivity contribution in [2.45, 2.75) is 27.2 Å². The summed E-state index contributed by atoms with van der Waals surface area (Å²) in [6.45, 7) is 5.47. The van der Waals surface area contributed by atoms with Crippen LogP contribution in [-0.4, -0.2) is 21.6 Å². The van der Waals surface area contributed by atoms with Gasteiger partial charge in [0.2, 0.25) is 5.91 Å². The molecule has 0 saturated carbocycles. The zero-order valence-corrected chi connectivity index (χ0v) is 15.6. The highest BCUT2D eigenvalue weighted by atomic mass is 16.2. The number of hydrogen-bond donors (Lipinski definition) is 2. The van der Waals surface area contributed by atoms with Crippen molar-refractivity contribution in [2.24, 2.45) is 0 Å². The van der Waals surface area contributed by atoms with Crippen LogP contribution in [0, 0.1) is 6.92 Å². The Balaban J connectivity index is 1.85. The molecule has 0 aliphatic rings. The van der Waals surface area contributed by atoms with Gasteiger partial charge < -0.3 is 10.6 Å². The van der Waals surface area contributed by atoms with Crippen LogP contribution in [0.3, 0.4) is 0 Å². The van der Waals surface area contributed by atoms with E-state index in [9.17, 15) is 9.59 Å². The highest BCUT2D eigenvalue weighted by Gasteiger charge is 2.17. The molecular weight excluding hydrogens is 340 g/mol. The molecule has 0 radical (unpaired) electrons. The lowest BCUT2D eigenvalue weighted by Crippen LogP contribution is -2.14. The van der Waals surface area contributed by atoms with Gasteiger partial charge in [-0.15, -0.1) is 0 Å². The van der Waals surface area contributed by atoms with E-state index < -0.39 is 0 Å². The molecule has 0 aliphatic heterocycles. The molecule has 6 nitrogen and oxygen atoms in total. The van der Waals surface area contributed by atoms with E-state index in [0.717, 1.165) is 11.4 Å². The lowest BCUT2D eigenvalue weighted by Gasteiger charge is -2.10. The predicted octanol–water partition coefficient (Wildman–Crippen LogP) is 3.95. The average Bonchev–Trinajstić information content (AvgIpc) is 3.06. The van der Waals surface area contributed by atoms with Crippen LogP contribution in [0.1, 0.15) is 35.5 Å². The van der Waals surface area contributed by atoms with Crippen LogP contribution >= 0.6 is 0 Å². The van der Waals surface area contributed by atoms with Crippen LogP contribution in [0.25, 0.3) is 5.69 Å². The van der Waals surface area contributed by atoms with Crippen molar-refractivity contribution in [3.8, 4) is 5.69 Å². The third-order valence-corrected chi connectivity index (χ3v) is 4.17. The standard InChI is InChI=1S/C21H22N4O2/c1-4-20-19(13-22-25(20)18-10-8-14(2)9-11-18)21(27)24-17-7-5-6-16(12-17)23-15(3)26/h5-13H,4H2,1-3H3,(H,23,26)(H,24,27). The van der Waals surface area contributed by atoms with Crippen LogP contribution in [0.2, 0.25) is 0 Å². The molecule has 0 aliphatic carbocycles. The van der Waals surface area contributed by atoms with Crippen molar-refractivity contribution in [1.82, 2.24) is 9.78 Å². The minimum absolute atomic E-state index is 0.161. The smallest absolute Gasteiger partial charge is 0.259 e. The molecule has 0 unspecified atom stereocenters. The molecule has 0 fully saturated rings. The number of hydrogen-bond acceptors (Lipinski definition) is 3. The van der Waals surface area contributed by atoms with Crippen LogP contribution < -0.4 is 10.6 Å². The van der Waals surface area contributed by atoms with E-state index >= 15 is 0 Å². The lowest BCUT2D eigenvalue weighted by atomic mass is 10.1. The first-order valence-corrected chi connectivity index (χ1v) is 8.81. The number of amides is 2. The molecule has 27 heavy (non-hydrogen) atoms. The van der Waals surface area contributed by atoms with Gasteiger partial charge in [0.15, 0.2) is 0 Å². The fourth-order valence-corrected chi connectivity index (χ4v) is 2.89. The van der Waals surface area contributed by atoms with Gasteiger partial charge in [0.25, 0.3) is 5.91 Å². The molecule has 1 aromatic heterocycles. The minimum Gasteiger partial charge on any atom is -0.326 e. The third-order valence-electron chi connectivity index (χ3n) is 4.17. The van der Waals surface area contributed by atoms with Crippen molar-refractivity contribution in [3.05, 3.63) is 71.5 Å². The maximum atomic E-state index is 12.8. The van der Waals surface area contributed by atoms with Gasteiger partial charge in [-0.1, -0.05) is 30.7 Å². The molecule has 3 aromatic rings. The maximum absolute atomic E-state index is 12.8. The van der Waals surface area contributed by atoms with Gasteiger partial charge in [-0.2, -0.15) is 5.10 Å². The number of nitrogens with one attached hydrogen (secondary N) is 2. The number of aryl methyl sites for hydroxylation is 1. The molecule has 2 N–H and O–H groups in total. The number of aromatic nitrogens is 2. The van der Waals surface area contributed by atoms with Gasteiger partial charge in [0, 0.05) is 18.3 Å². The molecule has 0 spiro atoms. The van der Waals surface area contributed by atoms with Crippen molar-refractivity contribution >= 4 is 23.2 Å². The average molecular weight is 362 g/mol. The van der Waals surface area contributed by atoms with E-state index in [4.69, 9.17) is 0 Å². The Morgan fingerprint density at radius 2 is 1.70 bits per heavy atom. The Morgan fingerprint density at radius 3 is 2.33 bits per heavy atom. The van der Waals surface area contributed by atoms with Gasteiger partial charge >= 0.3 is 0 Å².